The molecule has 1 aliphatic rings. The van der Waals surface area contributed by atoms with E-state index < -0.39 is 15.6 Å². The maximum absolute atomic E-state index is 12.5. The van der Waals surface area contributed by atoms with E-state index in [1.807, 2.05) is 13.8 Å². The Labute approximate surface area is 120 Å². The normalized spacial score (nSPS) is 23.8. The van der Waals surface area contributed by atoms with Crippen LogP contribution in [0.3, 0.4) is 0 Å². The average Bonchev–Trinajstić information content (AvgIpc) is 2.38. The molecule has 1 atom stereocenters. The van der Waals surface area contributed by atoms with Crippen molar-refractivity contribution in [3.05, 3.63) is 29.3 Å². The van der Waals surface area contributed by atoms with Crippen molar-refractivity contribution in [1.82, 2.24) is 4.72 Å². The van der Waals surface area contributed by atoms with Gasteiger partial charge in [0.25, 0.3) is 0 Å². The van der Waals surface area contributed by atoms with Gasteiger partial charge in [0.1, 0.15) is 0 Å². The van der Waals surface area contributed by atoms with Gasteiger partial charge in [-0.1, -0.05) is 6.07 Å². The quantitative estimate of drug-likeness (QED) is 0.878. The van der Waals surface area contributed by atoms with Gasteiger partial charge in [0.15, 0.2) is 0 Å². The SMILES string of the molecule is Cc1cc(S(=O)(=O)NC2(C)CCCOC2)ccc1CN. The fourth-order valence-electron chi connectivity index (χ4n) is 2.46. The molecule has 0 amide bonds. The zero-order chi connectivity index (χ0) is 14.8. The van der Waals surface area contributed by atoms with E-state index in [1.165, 1.54) is 0 Å². The Hall–Kier alpha value is -0.950. The van der Waals surface area contributed by atoms with Crippen LogP contribution in [-0.4, -0.2) is 27.2 Å². The first-order chi connectivity index (χ1) is 9.36. The number of rotatable bonds is 4. The Balaban J connectivity index is 2.24. The van der Waals surface area contributed by atoms with E-state index in [0.717, 1.165) is 24.0 Å². The standard InChI is InChI=1S/C14H22N2O3S/c1-11-8-13(5-4-12(11)9-15)20(17,18)16-14(2)6-3-7-19-10-14/h4-5,8,16H,3,6-7,9-10,15H2,1-2H3. The van der Waals surface area contributed by atoms with E-state index in [0.29, 0.717) is 19.8 Å². The molecule has 1 fully saturated rings. The fourth-order valence-corrected chi connectivity index (χ4v) is 3.97. The maximum atomic E-state index is 12.5. The lowest BCUT2D eigenvalue weighted by molar-refractivity contribution is 0.0386. The van der Waals surface area contributed by atoms with Crippen molar-refractivity contribution < 1.29 is 13.2 Å². The number of hydrogen-bond donors (Lipinski definition) is 2. The third-order valence-corrected chi connectivity index (χ3v) is 5.30. The lowest BCUT2D eigenvalue weighted by atomic mass is 9.97. The largest absolute Gasteiger partial charge is 0.380 e. The van der Waals surface area contributed by atoms with Gasteiger partial charge >= 0.3 is 0 Å². The zero-order valence-electron chi connectivity index (χ0n) is 12.0. The maximum Gasteiger partial charge on any atom is 0.241 e. The Bertz CT molecular complexity index is 578. The number of benzene rings is 1. The van der Waals surface area contributed by atoms with Gasteiger partial charge in [-0.3, -0.25) is 0 Å². The lowest BCUT2D eigenvalue weighted by Gasteiger charge is -2.33. The molecule has 3 N–H and O–H groups in total. The Morgan fingerprint density at radius 1 is 1.45 bits per heavy atom. The van der Waals surface area contributed by atoms with Gasteiger partial charge in [-0.25, -0.2) is 13.1 Å². The third-order valence-electron chi connectivity index (χ3n) is 3.66. The predicted molar refractivity (Wildman–Crippen MR) is 77.8 cm³/mol. The molecule has 20 heavy (non-hydrogen) atoms. The molecule has 0 bridgehead atoms. The molecule has 5 nitrogen and oxygen atoms in total. The van der Waals surface area contributed by atoms with E-state index in [1.54, 1.807) is 18.2 Å². The van der Waals surface area contributed by atoms with Crippen LogP contribution in [-0.2, 0) is 21.3 Å². The fraction of sp³-hybridized carbons (Fsp3) is 0.571. The minimum absolute atomic E-state index is 0.277. The van der Waals surface area contributed by atoms with Crippen LogP contribution in [0.25, 0.3) is 0 Å². The summed E-state index contributed by atoms with van der Waals surface area (Å²) in [6.07, 6.45) is 1.65. The van der Waals surface area contributed by atoms with Crippen LogP contribution in [0.1, 0.15) is 30.9 Å². The van der Waals surface area contributed by atoms with Gasteiger partial charge in [0, 0.05) is 13.2 Å². The van der Waals surface area contributed by atoms with Crippen LogP contribution in [0.5, 0.6) is 0 Å². The molecule has 1 saturated heterocycles. The molecule has 0 saturated carbocycles. The summed E-state index contributed by atoms with van der Waals surface area (Å²) in [6.45, 7) is 5.26. The molecule has 0 aliphatic carbocycles. The highest BCUT2D eigenvalue weighted by molar-refractivity contribution is 7.89. The van der Waals surface area contributed by atoms with E-state index >= 15 is 0 Å². The van der Waals surface area contributed by atoms with E-state index in [4.69, 9.17) is 10.5 Å². The first kappa shape index (κ1) is 15.4. The number of hydrogen-bond acceptors (Lipinski definition) is 4. The molecule has 0 radical (unpaired) electrons. The summed E-state index contributed by atoms with van der Waals surface area (Å²) in [7, 11) is -3.54. The molecule has 0 spiro atoms. The second-order valence-electron chi connectivity index (χ2n) is 5.61. The summed E-state index contributed by atoms with van der Waals surface area (Å²) in [5, 5.41) is 0. The Morgan fingerprint density at radius 3 is 2.75 bits per heavy atom. The molecular weight excluding hydrogens is 276 g/mol. The minimum Gasteiger partial charge on any atom is -0.380 e. The highest BCUT2D eigenvalue weighted by Gasteiger charge is 2.32. The van der Waals surface area contributed by atoms with Crippen molar-refractivity contribution in [3.8, 4) is 0 Å². The highest BCUT2D eigenvalue weighted by atomic mass is 32.2. The zero-order valence-corrected chi connectivity index (χ0v) is 12.8. The van der Waals surface area contributed by atoms with Crippen LogP contribution in [0.2, 0.25) is 0 Å². The first-order valence-corrected chi connectivity index (χ1v) is 8.26. The van der Waals surface area contributed by atoms with Gasteiger partial charge in [0.05, 0.1) is 17.0 Å². The number of sulfonamides is 1. The van der Waals surface area contributed by atoms with Crippen LogP contribution in [0, 0.1) is 6.92 Å². The van der Waals surface area contributed by atoms with Gasteiger partial charge in [-0.05, 0) is 49.9 Å². The molecule has 2 rings (SSSR count). The van der Waals surface area contributed by atoms with Crippen molar-refractivity contribution in [2.24, 2.45) is 5.73 Å². The highest BCUT2D eigenvalue weighted by Crippen LogP contribution is 2.22. The number of aryl methyl sites for hydroxylation is 1. The molecule has 1 aromatic rings. The van der Waals surface area contributed by atoms with Gasteiger partial charge in [0.2, 0.25) is 10.0 Å². The smallest absolute Gasteiger partial charge is 0.241 e. The molecule has 1 aromatic carbocycles. The molecule has 1 unspecified atom stereocenters. The van der Waals surface area contributed by atoms with E-state index in [2.05, 4.69) is 4.72 Å². The van der Waals surface area contributed by atoms with Crippen LogP contribution in [0.4, 0.5) is 0 Å². The van der Waals surface area contributed by atoms with Gasteiger partial charge < -0.3 is 10.5 Å². The molecule has 1 heterocycles. The Morgan fingerprint density at radius 2 is 2.20 bits per heavy atom. The van der Waals surface area contributed by atoms with E-state index in [-0.39, 0.29) is 4.90 Å². The molecular formula is C14H22N2O3S. The Kier molecular flexibility index (Phi) is 4.49. The summed E-state index contributed by atoms with van der Waals surface area (Å²) in [5.74, 6) is 0. The summed E-state index contributed by atoms with van der Waals surface area (Å²) in [5.41, 5.74) is 6.91. The van der Waals surface area contributed by atoms with Crippen molar-refractivity contribution in [3.63, 3.8) is 0 Å². The number of nitrogens with two attached hydrogens (primary N) is 1. The van der Waals surface area contributed by atoms with Crippen molar-refractivity contribution in [2.75, 3.05) is 13.2 Å². The molecule has 6 heteroatoms. The third kappa shape index (κ3) is 3.38. The molecule has 112 valence electrons. The summed E-state index contributed by atoms with van der Waals surface area (Å²) >= 11 is 0. The van der Waals surface area contributed by atoms with Gasteiger partial charge in [-0.15, -0.1) is 0 Å². The predicted octanol–water partition coefficient (Wildman–Crippen LogP) is 1.30. The van der Waals surface area contributed by atoms with E-state index in [9.17, 15) is 8.42 Å². The molecule has 0 aromatic heterocycles. The second-order valence-corrected chi connectivity index (χ2v) is 7.30. The van der Waals surface area contributed by atoms with Crippen molar-refractivity contribution in [2.45, 2.75) is 43.7 Å². The van der Waals surface area contributed by atoms with Crippen LogP contribution < -0.4 is 10.5 Å². The lowest BCUT2D eigenvalue weighted by Crippen LogP contribution is -2.51. The summed E-state index contributed by atoms with van der Waals surface area (Å²) in [6, 6.07) is 5.03. The second kappa shape index (κ2) is 5.81. The number of ether oxygens (including phenoxy) is 1. The number of nitrogens with one attached hydrogen (secondary N) is 1. The topological polar surface area (TPSA) is 81.4 Å². The molecule has 1 aliphatic heterocycles. The minimum atomic E-state index is -3.54. The first-order valence-electron chi connectivity index (χ1n) is 6.78. The van der Waals surface area contributed by atoms with Crippen molar-refractivity contribution >= 4 is 10.0 Å². The summed E-state index contributed by atoms with van der Waals surface area (Å²) < 4.78 is 33.1. The van der Waals surface area contributed by atoms with Crippen LogP contribution >= 0.6 is 0 Å². The average molecular weight is 298 g/mol. The van der Waals surface area contributed by atoms with Crippen molar-refractivity contribution in [1.29, 1.82) is 0 Å². The summed E-state index contributed by atoms with van der Waals surface area (Å²) in [4.78, 5) is 0.277. The van der Waals surface area contributed by atoms with Gasteiger partial charge in [-0.2, -0.15) is 0 Å². The van der Waals surface area contributed by atoms with Crippen LogP contribution in [0.15, 0.2) is 23.1 Å². The monoisotopic (exact) mass is 298 g/mol.